The number of thioether (sulfide) groups is 3. The van der Waals surface area contributed by atoms with E-state index in [0.717, 1.165) is 20.6 Å². The first-order valence-corrected chi connectivity index (χ1v) is 14.9. The van der Waals surface area contributed by atoms with E-state index >= 15 is 0 Å². The molecule has 2 aliphatic heterocycles. The third kappa shape index (κ3) is 6.16. The monoisotopic (exact) mass is 618 g/mol. The molecule has 0 spiro atoms. The predicted octanol–water partition coefficient (Wildman–Crippen LogP) is -1.35. The zero-order valence-electron chi connectivity index (χ0n) is 17.9. The van der Waals surface area contributed by atoms with Crippen molar-refractivity contribution in [2.75, 3.05) is 23.5 Å². The first kappa shape index (κ1) is 29.1. The standard InChI is InChI=1S/C17H14Cl2N6O4S5.Na/c1-30-16-23-24-17(34-16)33-3-5-2-31-13-8(12(27)25(13)9(5)14(28)29)22-11(26)7(10(18)19)6-4-32-15(20)21-6;/h4,8,13H,2-3H2,1H3,(H2,20,21)(H,22,26)(H,28,29);/q;+1/p-1/t8?,13-;/m1./s1. The van der Waals surface area contributed by atoms with E-state index in [-0.39, 0.29) is 56.1 Å². The number of rotatable bonds is 8. The van der Waals surface area contributed by atoms with Crippen molar-refractivity contribution in [1.29, 1.82) is 0 Å². The maximum atomic E-state index is 12.9. The summed E-state index contributed by atoms with van der Waals surface area (Å²) in [5.41, 5.74) is 6.02. The molecular formula is C17H13Cl2N6NaO4S5. The molecule has 0 aromatic carbocycles. The largest absolute Gasteiger partial charge is 1.00 e. The molecule has 1 unspecified atom stereocenters. The van der Waals surface area contributed by atoms with Gasteiger partial charge in [-0.2, -0.15) is 0 Å². The SMILES string of the molecule is CSc1nnc(SCC2=C(C(=O)[O-])N3C(=O)C(NC(=O)C(=C(Cl)Cl)c4csc(N)n4)[C@H]3SC2)s1.[Na+]. The Morgan fingerprint density at radius 2 is 2.06 bits per heavy atom. The van der Waals surface area contributed by atoms with Gasteiger partial charge in [-0.15, -0.1) is 33.3 Å². The van der Waals surface area contributed by atoms with E-state index in [1.807, 2.05) is 6.26 Å². The zero-order valence-corrected chi connectivity index (χ0v) is 25.5. The molecule has 2 atom stereocenters. The Balaban J connectivity index is 0.00000342. The maximum Gasteiger partial charge on any atom is 1.00 e. The number of nitrogens with two attached hydrogens (primary N) is 1. The number of nitrogens with one attached hydrogen (secondary N) is 1. The summed E-state index contributed by atoms with van der Waals surface area (Å²) in [7, 11) is 0. The maximum absolute atomic E-state index is 12.9. The van der Waals surface area contributed by atoms with Crippen LogP contribution in [0.15, 0.2) is 29.8 Å². The van der Waals surface area contributed by atoms with Crippen LogP contribution in [0.4, 0.5) is 5.13 Å². The van der Waals surface area contributed by atoms with Gasteiger partial charge in [0.15, 0.2) is 13.8 Å². The summed E-state index contributed by atoms with van der Waals surface area (Å²) in [6.45, 7) is 0. The molecule has 4 rings (SSSR count). The molecule has 180 valence electrons. The fraction of sp³-hybridized carbons (Fsp3) is 0.294. The van der Waals surface area contributed by atoms with Crippen molar-refractivity contribution < 1.29 is 49.0 Å². The summed E-state index contributed by atoms with van der Waals surface area (Å²) in [6, 6.07) is -0.966. The molecule has 3 N–H and O–H groups in total. The minimum atomic E-state index is -1.46. The number of nitrogen functional groups attached to an aromatic ring is 1. The molecule has 4 heterocycles. The van der Waals surface area contributed by atoms with Gasteiger partial charge in [-0.1, -0.05) is 58.1 Å². The van der Waals surface area contributed by atoms with Crippen molar-refractivity contribution in [3.05, 3.63) is 26.8 Å². The normalized spacial score (nSPS) is 18.9. The predicted molar refractivity (Wildman–Crippen MR) is 135 cm³/mol. The molecule has 2 aliphatic rings. The molecule has 18 heteroatoms. The van der Waals surface area contributed by atoms with Gasteiger partial charge in [0.05, 0.1) is 22.9 Å². The Labute approximate surface area is 252 Å². The molecule has 0 radical (unpaired) electrons. The number of carbonyl (C=O) groups excluding carboxylic acids is 3. The van der Waals surface area contributed by atoms with Gasteiger partial charge < -0.3 is 21.0 Å². The van der Waals surface area contributed by atoms with E-state index in [1.54, 1.807) is 0 Å². The van der Waals surface area contributed by atoms with Crippen molar-refractivity contribution >= 4 is 110 Å². The number of amides is 2. The quantitative estimate of drug-likeness (QED) is 0.156. The first-order chi connectivity index (χ1) is 16.2. The van der Waals surface area contributed by atoms with Gasteiger partial charge in [-0.05, 0) is 11.8 Å². The van der Waals surface area contributed by atoms with Crippen molar-refractivity contribution in [2.24, 2.45) is 0 Å². The number of anilines is 1. The van der Waals surface area contributed by atoms with Gasteiger partial charge >= 0.3 is 29.6 Å². The van der Waals surface area contributed by atoms with Crippen LogP contribution < -0.4 is 45.7 Å². The van der Waals surface area contributed by atoms with E-state index in [9.17, 15) is 19.5 Å². The van der Waals surface area contributed by atoms with Gasteiger partial charge in [-0.3, -0.25) is 14.5 Å². The van der Waals surface area contributed by atoms with E-state index in [2.05, 4.69) is 20.5 Å². The molecule has 0 bridgehead atoms. The zero-order chi connectivity index (χ0) is 24.6. The summed E-state index contributed by atoms with van der Waals surface area (Å²) in [5, 5.41) is 23.7. The molecule has 0 aliphatic carbocycles. The van der Waals surface area contributed by atoms with Crippen LogP contribution in [0, 0.1) is 0 Å². The van der Waals surface area contributed by atoms with E-state index < -0.39 is 29.2 Å². The summed E-state index contributed by atoms with van der Waals surface area (Å²) >= 11 is 18.4. The van der Waals surface area contributed by atoms with Crippen LogP contribution in [-0.2, 0) is 14.4 Å². The van der Waals surface area contributed by atoms with Crippen LogP contribution in [-0.4, -0.2) is 67.0 Å². The summed E-state index contributed by atoms with van der Waals surface area (Å²) in [4.78, 5) is 42.8. The molecule has 2 amide bonds. The Morgan fingerprint density at radius 3 is 2.63 bits per heavy atom. The first-order valence-electron chi connectivity index (χ1n) is 9.17. The number of hydrogen-bond acceptors (Lipinski definition) is 13. The number of aromatic nitrogens is 3. The third-order valence-electron chi connectivity index (χ3n) is 4.65. The number of halogens is 2. The van der Waals surface area contributed by atoms with E-state index in [4.69, 9.17) is 28.9 Å². The van der Waals surface area contributed by atoms with Gasteiger partial charge in [-0.25, -0.2) is 4.98 Å². The van der Waals surface area contributed by atoms with Crippen LogP contribution in [0.25, 0.3) is 5.57 Å². The number of carbonyl (C=O) groups is 3. The summed E-state index contributed by atoms with van der Waals surface area (Å²) in [5.74, 6) is -2.09. The number of hydrogen-bond donors (Lipinski definition) is 2. The van der Waals surface area contributed by atoms with Gasteiger partial charge in [0, 0.05) is 16.9 Å². The van der Waals surface area contributed by atoms with Crippen molar-refractivity contribution in [2.45, 2.75) is 20.1 Å². The smallest absolute Gasteiger partial charge is 0.543 e. The fourth-order valence-corrected chi connectivity index (χ4v) is 8.03. The van der Waals surface area contributed by atoms with Crippen molar-refractivity contribution in [1.82, 2.24) is 25.4 Å². The number of fused-ring (bicyclic) bond motifs is 1. The number of β-lactam (4-membered cyclic amide) rings is 1. The van der Waals surface area contributed by atoms with E-state index in [0.29, 0.717) is 21.4 Å². The second kappa shape index (κ2) is 12.4. The van der Waals surface area contributed by atoms with Gasteiger partial charge in [0.2, 0.25) is 0 Å². The van der Waals surface area contributed by atoms with Crippen LogP contribution >= 0.6 is 81.2 Å². The number of aliphatic carboxylic acids is 1. The van der Waals surface area contributed by atoms with Crippen molar-refractivity contribution in [3.8, 4) is 0 Å². The molecule has 2 aromatic rings. The summed E-state index contributed by atoms with van der Waals surface area (Å²) < 4.78 is 1.16. The average Bonchev–Trinajstić information content (AvgIpc) is 3.43. The molecule has 1 saturated heterocycles. The Morgan fingerprint density at radius 1 is 1.34 bits per heavy atom. The minimum Gasteiger partial charge on any atom is -0.543 e. The number of carboxylic acid groups (broad SMARTS) is 1. The minimum absolute atomic E-state index is 0. The van der Waals surface area contributed by atoms with Gasteiger partial charge in [0.25, 0.3) is 11.8 Å². The average molecular weight is 620 g/mol. The van der Waals surface area contributed by atoms with Gasteiger partial charge in [0.1, 0.15) is 15.9 Å². The topological polar surface area (TPSA) is 154 Å². The number of nitrogens with zero attached hydrogens (tertiary/aromatic N) is 4. The van der Waals surface area contributed by atoms with Crippen LogP contribution in [0.2, 0.25) is 0 Å². The second-order valence-corrected chi connectivity index (χ2v) is 12.8. The molecule has 1 fully saturated rings. The van der Waals surface area contributed by atoms with Crippen LogP contribution in [0.5, 0.6) is 0 Å². The van der Waals surface area contributed by atoms with Crippen LogP contribution in [0.3, 0.4) is 0 Å². The Bertz CT molecular complexity index is 1230. The summed E-state index contributed by atoms with van der Waals surface area (Å²) in [6.07, 6.45) is 1.89. The molecule has 35 heavy (non-hydrogen) atoms. The second-order valence-electron chi connectivity index (χ2n) is 6.63. The molecular weight excluding hydrogens is 606 g/mol. The number of thiazole rings is 1. The number of carboxylic acids is 1. The van der Waals surface area contributed by atoms with Crippen LogP contribution in [0.1, 0.15) is 5.69 Å². The Hall–Kier alpha value is -0.490. The molecule has 2 aromatic heterocycles. The van der Waals surface area contributed by atoms with E-state index in [1.165, 1.54) is 52.0 Å². The van der Waals surface area contributed by atoms with Crippen molar-refractivity contribution in [3.63, 3.8) is 0 Å². The Kier molecular flexibility index (Phi) is 10.3. The third-order valence-corrected chi connectivity index (χ3v) is 10.2. The fourth-order valence-electron chi connectivity index (χ4n) is 3.18. The molecule has 10 nitrogen and oxygen atoms in total. The molecule has 0 saturated carbocycles.